The molecule has 0 bridgehead atoms. The third-order valence-corrected chi connectivity index (χ3v) is 4.72. The Morgan fingerprint density at radius 1 is 1.16 bits per heavy atom. The van der Waals surface area contributed by atoms with E-state index in [1.807, 2.05) is 36.4 Å². The number of nitrogens with zero attached hydrogens (tertiary/aromatic N) is 1. The Morgan fingerprint density at radius 3 is 2.68 bits per heavy atom. The molecule has 1 saturated heterocycles. The Bertz CT molecular complexity index is 751. The van der Waals surface area contributed by atoms with Crippen LogP contribution in [0.5, 0.6) is 0 Å². The van der Waals surface area contributed by atoms with Gasteiger partial charge in [-0.25, -0.2) is 0 Å². The second kappa shape index (κ2) is 8.56. The number of carbonyl (C=O) groups excluding carboxylic acids is 1. The summed E-state index contributed by atoms with van der Waals surface area (Å²) in [7, 11) is 0. The van der Waals surface area contributed by atoms with Gasteiger partial charge in [0.15, 0.2) is 0 Å². The summed E-state index contributed by atoms with van der Waals surface area (Å²) in [6.45, 7) is 3.14. The minimum Gasteiger partial charge on any atom is -0.378 e. The predicted octanol–water partition coefficient (Wildman–Crippen LogP) is 3.99. The zero-order chi connectivity index (χ0) is 17.6. The number of carbonyl (C=O) groups is 1. The molecule has 7 heteroatoms. The van der Waals surface area contributed by atoms with Crippen LogP contribution >= 0.6 is 27.5 Å². The Hall–Kier alpha value is -1.76. The maximum atomic E-state index is 12.4. The van der Waals surface area contributed by atoms with Crippen LogP contribution in [0, 0.1) is 0 Å². The summed E-state index contributed by atoms with van der Waals surface area (Å²) in [4.78, 5) is 14.6. The summed E-state index contributed by atoms with van der Waals surface area (Å²) in [5, 5.41) is 6.63. The van der Waals surface area contributed by atoms with Crippen molar-refractivity contribution >= 4 is 50.5 Å². The van der Waals surface area contributed by atoms with E-state index < -0.39 is 0 Å². The zero-order valence-corrected chi connectivity index (χ0v) is 15.9. The Morgan fingerprint density at radius 2 is 1.92 bits per heavy atom. The van der Waals surface area contributed by atoms with E-state index in [0.717, 1.165) is 34.6 Å². The lowest BCUT2D eigenvalue weighted by Crippen LogP contribution is -2.37. The molecule has 0 saturated carbocycles. The van der Waals surface area contributed by atoms with Crippen LogP contribution in [-0.4, -0.2) is 38.8 Å². The fourth-order valence-electron chi connectivity index (χ4n) is 2.66. The van der Waals surface area contributed by atoms with E-state index in [1.165, 1.54) is 0 Å². The van der Waals surface area contributed by atoms with Crippen LogP contribution in [0.2, 0.25) is 5.02 Å². The minimum atomic E-state index is -0.132. The average molecular weight is 425 g/mol. The summed E-state index contributed by atoms with van der Waals surface area (Å²) in [5.74, 6) is -0.132. The first kappa shape index (κ1) is 18.0. The van der Waals surface area contributed by atoms with Crippen LogP contribution in [0.15, 0.2) is 46.9 Å². The van der Waals surface area contributed by atoms with Crippen molar-refractivity contribution in [2.75, 3.05) is 48.4 Å². The number of ether oxygens (including phenoxy) is 1. The SMILES string of the molecule is O=C(CNc1ccccc1Cl)Nc1cc(Br)ccc1N1CCOCC1. The van der Waals surface area contributed by atoms with Crippen molar-refractivity contribution in [1.82, 2.24) is 0 Å². The molecule has 0 spiro atoms. The number of amides is 1. The van der Waals surface area contributed by atoms with Crippen molar-refractivity contribution in [1.29, 1.82) is 0 Å². The molecule has 0 unspecified atom stereocenters. The van der Waals surface area contributed by atoms with Gasteiger partial charge in [0, 0.05) is 17.6 Å². The van der Waals surface area contributed by atoms with Crippen molar-refractivity contribution < 1.29 is 9.53 Å². The Labute approximate surface area is 160 Å². The van der Waals surface area contributed by atoms with E-state index in [0.29, 0.717) is 18.2 Å². The van der Waals surface area contributed by atoms with Crippen molar-refractivity contribution in [3.05, 3.63) is 52.0 Å². The van der Waals surface area contributed by atoms with Gasteiger partial charge >= 0.3 is 0 Å². The lowest BCUT2D eigenvalue weighted by molar-refractivity contribution is -0.114. The number of rotatable bonds is 5. The molecule has 0 atom stereocenters. The highest BCUT2D eigenvalue weighted by atomic mass is 79.9. The molecule has 25 heavy (non-hydrogen) atoms. The third kappa shape index (κ3) is 4.87. The van der Waals surface area contributed by atoms with Gasteiger partial charge in [0.05, 0.1) is 41.8 Å². The number of nitrogens with one attached hydrogen (secondary N) is 2. The van der Waals surface area contributed by atoms with Crippen LogP contribution in [0.4, 0.5) is 17.1 Å². The topological polar surface area (TPSA) is 53.6 Å². The lowest BCUT2D eigenvalue weighted by Gasteiger charge is -2.30. The first-order chi connectivity index (χ1) is 12.1. The van der Waals surface area contributed by atoms with Crippen LogP contribution in [-0.2, 0) is 9.53 Å². The first-order valence-corrected chi connectivity index (χ1v) is 9.21. The monoisotopic (exact) mass is 423 g/mol. The van der Waals surface area contributed by atoms with Gasteiger partial charge in [-0.2, -0.15) is 0 Å². The van der Waals surface area contributed by atoms with E-state index in [9.17, 15) is 4.79 Å². The van der Waals surface area contributed by atoms with Gasteiger partial charge in [-0.05, 0) is 30.3 Å². The molecule has 2 N–H and O–H groups in total. The highest BCUT2D eigenvalue weighted by Gasteiger charge is 2.16. The molecule has 1 aliphatic heterocycles. The number of benzene rings is 2. The van der Waals surface area contributed by atoms with E-state index in [1.54, 1.807) is 6.07 Å². The molecule has 2 aromatic carbocycles. The highest BCUT2D eigenvalue weighted by Crippen LogP contribution is 2.30. The fraction of sp³-hybridized carbons (Fsp3) is 0.278. The number of halogens is 2. The third-order valence-electron chi connectivity index (χ3n) is 3.90. The fourth-order valence-corrected chi connectivity index (χ4v) is 3.23. The van der Waals surface area contributed by atoms with Gasteiger partial charge in [-0.3, -0.25) is 4.79 Å². The molecule has 5 nitrogen and oxygen atoms in total. The van der Waals surface area contributed by atoms with Crippen LogP contribution in [0.1, 0.15) is 0 Å². The standard InChI is InChI=1S/C18H19BrClN3O2/c19-13-5-6-17(23-7-9-25-10-8-23)16(11-13)22-18(24)12-21-15-4-2-1-3-14(15)20/h1-6,11,21H,7-10,12H2,(H,22,24). The summed E-state index contributed by atoms with van der Waals surface area (Å²) in [6, 6.07) is 13.2. The van der Waals surface area contributed by atoms with Crippen LogP contribution in [0.25, 0.3) is 0 Å². The molecule has 0 radical (unpaired) electrons. The molecule has 1 aliphatic rings. The first-order valence-electron chi connectivity index (χ1n) is 8.04. The van der Waals surface area contributed by atoms with Gasteiger partial charge in [-0.1, -0.05) is 39.7 Å². The van der Waals surface area contributed by atoms with Gasteiger partial charge < -0.3 is 20.3 Å². The van der Waals surface area contributed by atoms with Gasteiger partial charge in [0.25, 0.3) is 0 Å². The van der Waals surface area contributed by atoms with Crippen molar-refractivity contribution in [2.24, 2.45) is 0 Å². The molecule has 1 amide bonds. The number of anilines is 3. The van der Waals surface area contributed by atoms with Crippen molar-refractivity contribution in [3.8, 4) is 0 Å². The molecule has 1 fully saturated rings. The maximum absolute atomic E-state index is 12.4. The highest BCUT2D eigenvalue weighted by molar-refractivity contribution is 9.10. The lowest BCUT2D eigenvalue weighted by atomic mass is 10.2. The summed E-state index contributed by atoms with van der Waals surface area (Å²) < 4.78 is 6.32. The molecule has 1 heterocycles. The summed E-state index contributed by atoms with van der Waals surface area (Å²) >= 11 is 9.56. The number of hydrogen-bond donors (Lipinski definition) is 2. The minimum absolute atomic E-state index is 0.132. The van der Waals surface area contributed by atoms with Gasteiger partial charge in [0.1, 0.15) is 0 Å². The quantitative estimate of drug-likeness (QED) is 0.762. The smallest absolute Gasteiger partial charge is 0.243 e. The Balaban J connectivity index is 1.68. The predicted molar refractivity (Wildman–Crippen MR) is 106 cm³/mol. The summed E-state index contributed by atoms with van der Waals surface area (Å²) in [5.41, 5.74) is 2.52. The maximum Gasteiger partial charge on any atom is 0.243 e. The number of para-hydroxylation sites is 1. The molecular formula is C18H19BrClN3O2. The van der Waals surface area contributed by atoms with E-state index >= 15 is 0 Å². The molecule has 0 aliphatic carbocycles. The molecule has 132 valence electrons. The second-order valence-corrected chi connectivity index (χ2v) is 6.97. The average Bonchev–Trinajstić information content (AvgIpc) is 2.62. The van der Waals surface area contributed by atoms with E-state index in [4.69, 9.17) is 16.3 Å². The zero-order valence-electron chi connectivity index (χ0n) is 13.6. The van der Waals surface area contributed by atoms with Crippen LogP contribution in [0.3, 0.4) is 0 Å². The number of hydrogen-bond acceptors (Lipinski definition) is 4. The largest absolute Gasteiger partial charge is 0.378 e. The number of morpholine rings is 1. The molecule has 0 aromatic heterocycles. The Kier molecular flexibility index (Phi) is 6.18. The molecule has 3 rings (SSSR count). The van der Waals surface area contributed by atoms with Gasteiger partial charge in [0.2, 0.25) is 5.91 Å². The van der Waals surface area contributed by atoms with Crippen molar-refractivity contribution in [2.45, 2.75) is 0 Å². The van der Waals surface area contributed by atoms with E-state index in [2.05, 4.69) is 31.5 Å². The molecular weight excluding hydrogens is 406 g/mol. The van der Waals surface area contributed by atoms with E-state index in [-0.39, 0.29) is 12.5 Å². The van der Waals surface area contributed by atoms with Gasteiger partial charge in [-0.15, -0.1) is 0 Å². The molecule has 2 aromatic rings. The summed E-state index contributed by atoms with van der Waals surface area (Å²) in [6.07, 6.45) is 0. The van der Waals surface area contributed by atoms with Crippen molar-refractivity contribution in [3.63, 3.8) is 0 Å². The van der Waals surface area contributed by atoms with Crippen LogP contribution < -0.4 is 15.5 Å². The normalized spacial score (nSPS) is 14.2. The second-order valence-electron chi connectivity index (χ2n) is 5.64.